The maximum atomic E-state index is 12.3. The zero-order valence-electron chi connectivity index (χ0n) is 15.3. The van der Waals surface area contributed by atoms with Gasteiger partial charge in [-0.15, -0.1) is 11.3 Å². The van der Waals surface area contributed by atoms with Crippen LogP contribution in [0.25, 0.3) is 16.0 Å². The summed E-state index contributed by atoms with van der Waals surface area (Å²) in [6.45, 7) is 2.39. The van der Waals surface area contributed by atoms with Crippen molar-refractivity contribution in [3.63, 3.8) is 0 Å². The van der Waals surface area contributed by atoms with Gasteiger partial charge in [-0.1, -0.05) is 35.9 Å². The van der Waals surface area contributed by atoms with Crippen molar-refractivity contribution < 1.29 is 14.3 Å². The second kappa shape index (κ2) is 7.66. The molecule has 0 atom stereocenters. The number of rotatable bonds is 5. The highest BCUT2D eigenvalue weighted by molar-refractivity contribution is 7.16. The van der Waals surface area contributed by atoms with Crippen LogP contribution in [0.15, 0.2) is 54.9 Å². The number of aromatic nitrogens is 2. The zero-order valence-corrected chi connectivity index (χ0v) is 16.9. The molecule has 2 aromatic carbocycles. The first-order chi connectivity index (χ1) is 13.6. The summed E-state index contributed by atoms with van der Waals surface area (Å²) in [7, 11) is 1.36. The van der Waals surface area contributed by atoms with Crippen LogP contribution in [0.4, 0.5) is 0 Å². The van der Waals surface area contributed by atoms with E-state index < -0.39 is 5.97 Å². The van der Waals surface area contributed by atoms with Crippen LogP contribution >= 0.6 is 22.9 Å². The van der Waals surface area contributed by atoms with Crippen LogP contribution in [0.1, 0.15) is 20.8 Å². The van der Waals surface area contributed by atoms with Gasteiger partial charge in [0.25, 0.3) is 0 Å². The van der Waals surface area contributed by atoms with Crippen LogP contribution in [-0.4, -0.2) is 22.6 Å². The fourth-order valence-corrected chi connectivity index (χ4v) is 4.08. The first-order valence-electron chi connectivity index (χ1n) is 8.59. The highest BCUT2D eigenvalue weighted by Gasteiger charge is 2.20. The molecule has 0 aliphatic heterocycles. The van der Waals surface area contributed by atoms with E-state index in [9.17, 15) is 4.79 Å². The van der Waals surface area contributed by atoms with Crippen molar-refractivity contribution in [2.45, 2.75) is 13.5 Å². The predicted molar refractivity (Wildman–Crippen MR) is 111 cm³/mol. The minimum Gasteiger partial charge on any atom is -0.487 e. The summed E-state index contributed by atoms with van der Waals surface area (Å²) in [5.41, 5.74) is 3.87. The van der Waals surface area contributed by atoms with Gasteiger partial charge in [-0.05, 0) is 36.2 Å². The molecule has 4 aromatic rings. The summed E-state index contributed by atoms with van der Waals surface area (Å²) in [5.74, 6) is 0.0532. The molecular formula is C21H17ClN2O3S. The average molecular weight is 413 g/mol. The number of hydrogen-bond donors (Lipinski definition) is 0. The zero-order chi connectivity index (χ0) is 19.7. The Morgan fingerprint density at radius 1 is 1.21 bits per heavy atom. The van der Waals surface area contributed by atoms with Crippen molar-refractivity contribution in [3.05, 3.63) is 75.9 Å². The van der Waals surface area contributed by atoms with Crippen LogP contribution < -0.4 is 4.74 Å². The van der Waals surface area contributed by atoms with Crippen molar-refractivity contribution in [2.75, 3.05) is 7.11 Å². The minimum absolute atomic E-state index is 0.364. The van der Waals surface area contributed by atoms with Gasteiger partial charge in [0, 0.05) is 11.1 Å². The largest absolute Gasteiger partial charge is 0.487 e. The van der Waals surface area contributed by atoms with Crippen molar-refractivity contribution in [1.29, 1.82) is 0 Å². The van der Waals surface area contributed by atoms with E-state index in [0.29, 0.717) is 22.3 Å². The summed E-state index contributed by atoms with van der Waals surface area (Å²) < 4.78 is 12.8. The molecule has 0 saturated carbocycles. The monoisotopic (exact) mass is 412 g/mol. The predicted octanol–water partition coefficient (Wildman–Crippen LogP) is 5.41. The highest BCUT2D eigenvalue weighted by atomic mass is 35.5. The van der Waals surface area contributed by atoms with E-state index in [-0.39, 0.29) is 0 Å². The summed E-state index contributed by atoms with van der Waals surface area (Å²) >= 11 is 7.43. The number of ether oxygens (including phenoxy) is 2. The Morgan fingerprint density at radius 2 is 2.04 bits per heavy atom. The number of halogens is 1. The average Bonchev–Trinajstić information content (AvgIpc) is 3.30. The van der Waals surface area contributed by atoms with E-state index in [0.717, 1.165) is 27.2 Å². The molecule has 7 heteroatoms. The molecule has 0 spiro atoms. The van der Waals surface area contributed by atoms with Crippen LogP contribution in [0.5, 0.6) is 5.75 Å². The number of esters is 1. The molecule has 0 saturated heterocycles. The SMILES string of the molecule is COC(=O)c1sc(-n2cnc3ccc(Cl)cc32)cc1OCc1ccccc1C. The number of fused-ring (bicyclic) bond motifs is 1. The molecule has 4 rings (SSSR count). The maximum Gasteiger partial charge on any atom is 0.351 e. The third-order valence-corrected chi connectivity index (χ3v) is 5.78. The molecule has 2 heterocycles. The van der Waals surface area contributed by atoms with E-state index in [1.54, 1.807) is 12.4 Å². The lowest BCUT2D eigenvalue weighted by molar-refractivity contribution is 0.0601. The molecule has 0 fully saturated rings. The smallest absolute Gasteiger partial charge is 0.351 e. The summed E-state index contributed by atoms with van der Waals surface area (Å²) in [5, 5.41) is 1.42. The lowest BCUT2D eigenvalue weighted by Gasteiger charge is -2.08. The Labute approximate surface area is 171 Å². The standard InChI is InChI=1S/C21H17ClN2O3S/c1-13-5-3-4-6-14(13)11-27-18-10-19(28-20(18)21(25)26-2)24-12-23-16-8-7-15(22)9-17(16)24/h3-10,12H,11H2,1-2H3. The summed E-state index contributed by atoms with van der Waals surface area (Å²) in [6, 6.07) is 15.3. The lowest BCUT2D eigenvalue weighted by atomic mass is 10.1. The Kier molecular flexibility index (Phi) is 5.07. The maximum absolute atomic E-state index is 12.3. The number of methoxy groups -OCH3 is 1. The first kappa shape index (κ1) is 18.5. The summed E-state index contributed by atoms with van der Waals surface area (Å²) in [6.07, 6.45) is 1.71. The molecule has 142 valence electrons. The third kappa shape index (κ3) is 3.48. The van der Waals surface area contributed by atoms with E-state index in [4.69, 9.17) is 21.1 Å². The van der Waals surface area contributed by atoms with Crippen molar-refractivity contribution in [3.8, 4) is 10.8 Å². The minimum atomic E-state index is -0.432. The summed E-state index contributed by atoms with van der Waals surface area (Å²) in [4.78, 5) is 17.1. The Bertz CT molecular complexity index is 1170. The van der Waals surface area contributed by atoms with Gasteiger partial charge in [-0.3, -0.25) is 4.57 Å². The number of aryl methyl sites for hydroxylation is 1. The van der Waals surface area contributed by atoms with Crippen LogP contribution in [0.3, 0.4) is 0 Å². The molecule has 0 aliphatic carbocycles. The van der Waals surface area contributed by atoms with Gasteiger partial charge in [0.15, 0.2) is 4.88 Å². The van der Waals surface area contributed by atoms with Gasteiger partial charge in [-0.2, -0.15) is 0 Å². The fraction of sp³-hybridized carbons (Fsp3) is 0.143. The number of nitrogens with zero attached hydrogens (tertiary/aromatic N) is 2. The number of imidazole rings is 1. The molecule has 5 nitrogen and oxygen atoms in total. The van der Waals surface area contributed by atoms with Gasteiger partial charge in [-0.25, -0.2) is 9.78 Å². The topological polar surface area (TPSA) is 53.4 Å². The Balaban J connectivity index is 1.72. The molecule has 28 heavy (non-hydrogen) atoms. The number of carbonyl (C=O) groups excluding carboxylic acids is 1. The molecule has 0 radical (unpaired) electrons. The molecule has 0 N–H and O–H groups in total. The van der Waals surface area contributed by atoms with E-state index in [2.05, 4.69) is 4.98 Å². The van der Waals surface area contributed by atoms with Gasteiger partial charge in [0.2, 0.25) is 0 Å². The van der Waals surface area contributed by atoms with Crippen LogP contribution in [0, 0.1) is 6.92 Å². The van der Waals surface area contributed by atoms with E-state index >= 15 is 0 Å². The third-order valence-electron chi connectivity index (χ3n) is 4.45. The Hall–Kier alpha value is -2.83. The molecule has 0 amide bonds. The first-order valence-corrected chi connectivity index (χ1v) is 9.78. The lowest BCUT2D eigenvalue weighted by Crippen LogP contribution is -2.03. The van der Waals surface area contributed by atoms with Gasteiger partial charge in [0.1, 0.15) is 23.7 Å². The van der Waals surface area contributed by atoms with Gasteiger partial charge < -0.3 is 9.47 Å². The van der Waals surface area contributed by atoms with Gasteiger partial charge in [0.05, 0.1) is 18.1 Å². The number of thiophene rings is 1. The quantitative estimate of drug-likeness (QED) is 0.411. The molecule has 0 aliphatic rings. The second-order valence-electron chi connectivity index (χ2n) is 6.23. The molecular weight excluding hydrogens is 396 g/mol. The van der Waals surface area contributed by atoms with Crippen LogP contribution in [0.2, 0.25) is 5.02 Å². The number of benzene rings is 2. The van der Waals surface area contributed by atoms with E-state index in [1.807, 2.05) is 54.0 Å². The molecule has 2 aromatic heterocycles. The van der Waals surface area contributed by atoms with Gasteiger partial charge >= 0.3 is 5.97 Å². The van der Waals surface area contributed by atoms with Crippen LogP contribution in [-0.2, 0) is 11.3 Å². The normalized spacial score (nSPS) is 11.0. The van der Waals surface area contributed by atoms with E-state index in [1.165, 1.54) is 18.4 Å². The molecule has 0 unspecified atom stereocenters. The molecule has 0 bridgehead atoms. The number of hydrogen-bond acceptors (Lipinski definition) is 5. The second-order valence-corrected chi connectivity index (χ2v) is 7.70. The Morgan fingerprint density at radius 3 is 2.82 bits per heavy atom. The van der Waals surface area contributed by atoms with Crippen molar-refractivity contribution >= 4 is 39.9 Å². The highest BCUT2D eigenvalue weighted by Crippen LogP contribution is 2.35. The fourth-order valence-electron chi connectivity index (χ4n) is 2.91. The van der Waals surface area contributed by atoms with Crippen molar-refractivity contribution in [1.82, 2.24) is 9.55 Å². The number of carbonyl (C=O) groups is 1. The van der Waals surface area contributed by atoms with Crippen molar-refractivity contribution in [2.24, 2.45) is 0 Å².